The molecular weight excluding hydrogens is 633 g/mol. The molecule has 0 bridgehead atoms. The molecule has 35 heavy (non-hydrogen) atoms. The van der Waals surface area contributed by atoms with E-state index in [1.165, 1.54) is 75.1 Å². The predicted octanol–water partition coefficient (Wildman–Crippen LogP) is 7.77. The van der Waals surface area contributed by atoms with Crippen molar-refractivity contribution >= 4 is 18.2 Å². The molecule has 199 valence electrons. The summed E-state index contributed by atoms with van der Waals surface area (Å²) in [5, 5.41) is 9.16. The number of rotatable bonds is 4. The van der Waals surface area contributed by atoms with Crippen LogP contribution in [0.4, 0.5) is 26.3 Å². The van der Waals surface area contributed by atoms with Crippen LogP contribution in [0.1, 0.15) is 69.8 Å². The number of benzene rings is 1. The molecule has 2 fully saturated rings. The maximum absolute atomic E-state index is 14.3. The van der Waals surface area contributed by atoms with Crippen LogP contribution >= 0.6 is 7.14 Å². The van der Waals surface area contributed by atoms with Crippen molar-refractivity contribution in [3.63, 3.8) is 0 Å². The third-order valence-corrected chi connectivity index (χ3v) is 11.0. The molecule has 1 N–H and O–H groups in total. The summed E-state index contributed by atoms with van der Waals surface area (Å²) in [5.41, 5.74) is 2.20. The van der Waals surface area contributed by atoms with Crippen molar-refractivity contribution in [1.29, 1.82) is 0 Å². The Hall–Kier alpha value is -0.176. The summed E-state index contributed by atoms with van der Waals surface area (Å²) in [4.78, 5) is 9.86. The van der Waals surface area contributed by atoms with Gasteiger partial charge in [0.2, 0.25) is 5.76 Å². The summed E-state index contributed by atoms with van der Waals surface area (Å²) in [7, 11) is -2.26. The van der Waals surface area contributed by atoms with E-state index in [-0.39, 0.29) is 49.4 Å². The second-order valence-corrected chi connectivity index (χ2v) is 12.3. The van der Waals surface area contributed by atoms with Gasteiger partial charge >= 0.3 is 12.4 Å². The van der Waals surface area contributed by atoms with Gasteiger partial charge in [-0.05, 0) is 38.2 Å². The molecule has 0 aromatic heterocycles. The number of halogens is 6. The second kappa shape index (κ2) is 14.1. The summed E-state index contributed by atoms with van der Waals surface area (Å²) >= 11 is 0. The number of aliphatic hydroxyl groups excluding tert-OH is 1. The summed E-state index contributed by atoms with van der Waals surface area (Å²) in [6.07, 6.45) is 0.930. The minimum Gasteiger partial charge on any atom is -0.504 e. The van der Waals surface area contributed by atoms with Crippen LogP contribution in [0.3, 0.4) is 0 Å². The standard InChI is InChI=1S/C19H29OP.C5H2F6O2.Eu/c1-16-10-8-9-15-19(16)21(20,17-11-4-2-5-12-17)18-13-6-3-7-14-18;6-4(7,8)2(12)1-3(13)5(9,10)11;/h8-10,15,17-18H,2-7,11-14H2,1H3;1,12H;/b;2-1-;. The van der Waals surface area contributed by atoms with Crippen molar-refractivity contribution in [1.82, 2.24) is 0 Å². The van der Waals surface area contributed by atoms with E-state index < -0.39 is 37.1 Å². The Labute approximate surface area is 243 Å². The van der Waals surface area contributed by atoms with Crippen LogP contribution in [0.2, 0.25) is 0 Å². The first kappa shape index (κ1) is 32.9. The summed E-state index contributed by atoms with van der Waals surface area (Å²) < 4.78 is 82.4. The Kier molecular flexibility index (Phi) is 13.2. The Bertz CT molecular complexity index is 879. The molecule has 11 heteroatoms. The van der Waals surface area contributed by atoms with E-state index in [1.54, 1.807) is 0 Å². The number of aliphatic hydroxyl groups is 1. The zero-order chi connectivity index (χ0) is 25.6. The van der Waals surface area contributed by atoms with Gasteiger partial charge in [-0.15, -0.1) is 0 Å². The van der Waals surface area contributed by atoms with Crippen molar-refractivity contribution in [2.75, 3.05) is 0 Å². The molecule has 3 nitrogen and oxygen atoms in total. The average molecular weight is 664 g/mol. The number of alkyl halides is 6. The first-order chi connectivity index (χ1) is 15.8. The van der Waals surface area contributed by atoms with Gasteiger partial charge in [-0.3, -0.25) is 4.79 Å². The largest absolute Gasteiger partial charge is 0.504 e. The van der Waals surface area contributed by atoms with E-state index >= 15 is 0 Å². The zero-order valence-corrected chi connectivity index (χ0v) is 22.8. The topological polar surface area (TPSA) is 54.4 Å². The molecule has 1 aromatic carbocycles. The minimum absolute atomic E-state index is 0. The number of hydrogen-bond acceptors (Lipinski definition) is 3. The Morgan fingerprint density at radius 1 is 0.857 bits per heavy atom. The molecule has 0 aliphatic heterocycles. The Morgan fingerprint density at radius 2 is 1.29 bits per heavy atom. The molecule has 0 heterocycles. The van der Waals surface area contributed by atoms with E-state index in [1.807, 2.05) is 0 Å². The fraction of sp³-hybridized carbons (Fsp3) is 0.625. The van der Waals surface area contributed by atoms with Gasteiger partial charge in [0.15, 0.2) is 0 Å². The van der Waals surface area contributed by atoms with Crippen LogP contribution in [-0.2, 0) is 9.36 Å². The van der Waals surface area contributed by atoms with Gasteiger partial charge in [-0.1, -0.05) is 62.8 Å². The number of carbonyl (C=O) groups is 1. The summed E-state index contributed by atoms with van der Waals surface area (Å²) in [6, 6.07) is 8.53. The van der Waals surface area contributed by atoms with Crippen molar-refractivity contribution in [3.8, 4) is 0 Å². The van der Waals surface area contributed by atoms with Crippen molar-refractivity contribution in [3.05, 3.63) is 41.7 Å². The number of carbonyl (C=O) groups excluding carboxylic acids is 1. The average Bonchev–Trinajstić information content (AvgIpc) is 2.79. The van der Waals surface area contributed by atoms with Crippen LogP contribution in [0.25, 0.3) is 0 Å². The van der Waals surface area contributed by atoms with E-state index in [4.69, 9.17) is 5.11 Å². The molecule has 0 unspecified atom stereocenters. The molecule has 2 aliphatic carbocycles. The molecule has 2 aliphatic rings. The van der Waals surface area contributed by atoms with E-state index in [2.05, 4.69) is 31.2 Å². The number of ketones is 1. The Morgan fingerprint density at radius 3 is 1.66 bits per heavy atom. The minimum atomic E-state index is -5.42. The van der Waals surface area contributed by atoms with E-state index in [0.717, 1.165) is 0 Å². The maximum atomic E-state index is 14.3. The normalized spacial score (nSPS) is 18.8. The van der Waals surface area contributed by atoms with Gasteiger partial charge in [-0.2, -0.15) is 26.3 Å². The van der Waals surface area contributed by atoms with E-state index in [9.17, 15) is 35.7 Å². The smallest absolute Gasteiger partial charge is 0.454 e. The van der Waals surface area contributed by atoms with Crippen LogP contribution in [0.15, 0.2) is 36.1 Å². The molecule has 3 rings (SSSR count). The molecule has 0 spiro atoms. The van der Waals surface area contributed by atoms with Gasteiger partial charge in [0.05, 0.1) is 0 Å². The summed E-state index contributed by atoms with van der Waals surface area (Å²) in [5.74, 6) is -5.34. The van der Waals surface area contributed by atoms with Gasteiger partial charge in [0, 0.05) is 72.1 Å². The van der Waals surface area contributed by atoms with Crippen LogP contribution < -0.4 is 5.30 Å². The monoisotopic (exact) mass is 665 g/mol. The molecule has 0 amide bonds. The van der Waals surface area contributed by atoms with E-state index in [0.29, 0.717) is 11.3 Å². The van der Waals surface area contributed by atoms with Crippen molar-refractivity contribution < 1.29 is 90.2 Å². The molecular formula is C24H31EuF6O3P. The number of allylic oxidation sites excluding steroid dienone is 2. The van der Waals surface area contributed by atoms with Crippen molar-refractivity contribution in [2.24, 2.45) is 0 Å². The molecule has 0 saturated heterocycles. The SMILES string of the molecule is Cc1ccccc1P(=O)(C1CCCCC1)C1CCCCC1.O=C(/C=C(\O)C(F)(F)F)C(F)(F)F.[Eu]. The Balaban J connectivity index is 0.000000383. The maximum Gasteiger partial charge on any atom is 0.454 e. The van der Waals surface area contributed by atoms with Crippen LogP contribution in [0.5, 0.6) is 0 Å². The first-order valence-electron chi connectivity index (χ1n) is 11.5. The van der Waals surface area contributed by atoms with Crippen LogP contribution in [-0.4, -0.2) is 34.6 Å². The third-order valence-electron chi connectivity index (χ3n) is 6.56. The van der Waals surface area contributed by atoms with Gasteiger partial charge < -0.3 is 9.67 Å². The van der Waals surface area contributed by atoms with Gasteiger partial charge in [0.25, 0.3) is 5.78 Å². The quantitative estimate of drug-likeness (QED) is 0.155. The van der Waals surface area contributed by atoms with Gasteiger partial charge in [0.1, 0.15) is 7.14 Å². The van der Waals surface area contributed by atoms with Crippen LogP contribution in [0, 0.1) is 56.3 Å². The zero-order valence-electron chi connectivity index (χ0n) is 19.5. The molecule has 1 aromatic rings. The van der Waals surface area contributed by atoms with Gasteiger partial charge in [-0.25, -0.2) is 0 Å². The molecule has 0 atom stereocenters. The molecule has 2 saturated carbocycles. The first-order valence-corrected chi connectivity index (χ1v) is 13.4. The fourth-order valence-corrected chi connectivity index (χ4v) is 9.46. The number of hydrogen-bond donors (Lipinski definition) is 1. The molecule has 1 radical (unpaired) electrons. The number of aryl methyl sites for hydroxylation is 1. The summed E-state index contributed by atoms with van der Waals surface area (Å²) in [6.45, 7) is 2.16. The second-order valence-electron chi connectivity index (χ2n) is 8.97. The third kappa shape index (κ3) is 9.26. The van der Waals surface area contributed by atoms with Crippen molar-refractivity contribution in [2.45, 2.75) is 94.8 Å². The predicted molar refractivity (Wildman–Crippen MR) is 120 cm³/mol. The fourth-order valence-electron chi connectivity index (χ4n) is 4.86.